The fourth-order valence-corrected chi connectivity index (χ4v) is 4.25. The Hall–Kier alpha value is -2.64. The summed E-state index contributed by atoms with van der Waals surface area (Å²) in [7, 11) is 4.61. The van der Waals surface area contributed by atoms with E-state index >= 15 is 0 Å². The molecule has 2 N–H and O–H groups in total. The molecule has 0 spiro atoms. The van der Waals surface area contributed by atoms with Crippen molar-refractivity contribution in [2.24, 2.45) is 0 Å². The Morgan fingerprint density at radius 1 is 0.800 bits per heavy atom. The first-order valence-electron chi connectivity index (χ1n) is 10.7. The van der Waals surface area contributed by atoms with Gasteiger partial charge in [-0.25, -0.2) is 4.79 Å². The number of carbonyl (C=O) groups is 2. The van der Waals surface area contributed by atoms with Crippen LogP contribution in [0, 0.1) is 0 Å². The van der Waals surface area contributed by atoms with Gasteiger partial charge in [-0.05, 0) is 25.7 Å². The van der Waals surface area contributed by atoms with Crippen LogP contribution in [-0.2, 0) is 0 Å². The molecule has 1 aromatic carbocycles. The summed E-state index contributed by atoms with van der Waals surface area (Å²) < 4.78 is 16.0. The van der Waals surface area contributed by atoms with Crippen molar-refractivity contribution < 1.29 is 23.8 Å². The summed E-state index contributed by atoms with van der Waals surface area (Å²) >= 11 is 0. The van der Waals surface area contributed by atoms with E-state index in [4.69, 9.17) is 14.2 Å². The molecule has 8 nitrogen and oxygen atoms in total. The third kappa shape index (κ3) is 5.29. The number of hydrogen-bond donors (Lipinski definition) is 2. The summed E-state index contributed by atoms with van der Waals surface area (Å²) in [6.45, 7) is 1.15. The van der Waals surface area contributed by atoms with Crippen molar-refractivity contribution >= 4 is 11.9 Å². The SMILES string of the molecule is COc1cc(OC)c(C(=O)N2CCC(NC(=O)NC3CCCCC3)CC2)cc1OC. The molecule has 166 valence electrons. The Balaban J connectivity index is 1.55. The predicted octanol–water partition coefficient (Wildman–Crippen LogP) is 2.95. The largest absolute Gasteiger partial charge is 0.496 e. The number of urea groups is 1. The van der Waals surface area contributed by atoms with E-state index < -0.39 is 0 Å². The van der Waals surface area contributed by atoms with Gasteiger partial charge in [-0.15, -0.1) is 0 Å². The van der Waals surface area contributed by atoms with Crippen molar-refractivity contribution in [3.05, 3.63) is 17.7 Å². The highest BCUT2D eigenvalue weighted by atomic mass is 16.5. The molecule has 2 aliphatic rings. The van der Waals surface area contributed by atoms with Crippen molar-refractivity contribution in [2.75, 3.05) is 34.4 Å². The number of amides is 3. The number of methoxy groups -OCH3 is 3. The molecule has 0 atom stereocenters. The van der Waals surface area contributed by atoms with Gasteiger partial charge in [0, 0.05) is 37.3 Å². The lowest BCUT2D eigenvalue weighted by atomic mass is 9.96. The molecular formula is C22H33N3O5. The normalized spacial score (nSPS) is 17.9. The number of nitrogens with zero attached hydrogens (tertiary/aromatic N) is 1. The zero-order valence-corrected chi connectivity index (χ0v) is 18.2. The van der Waals surface area contributed by atoms with Gasteiger partial charge < -0.3 is 29.7 Å². The summed E-state index contributed by atoms with van der Waals surface area (Å²) in [4.78, 5) is 27.2. The van der Waals surface area contributed by atoms with E-state index in [1.807, 2.05) is 0 Å². The lowest BCUT2D eigenvalue weighted by Gasteiger charge is -2.33. The maximum atomic E-state index is 13.1. The van der Waals surface area contributed by atoms with Crippen molar-refractivity contribution in [1.82, 2.24) is 15.5 Å². The highest BCUT2D eigenvalue weighted by Crippen LogP contribution is 2.35. The maximum Gasteiger partial charge on any atom is 0.315 e. The first-order chi connectivity index (χ1) is 14.5. The van der Waals surface area contributed by atoms with Crippen LogP contribution < -0.4 is 24.8 Å². The number of benzene rings is 1. The minimum Gasteiger partial charge on any atom is -0.496 e. The number of carbonyl (C=O) groups excluding carboxylic acids is 2. The molecule has 0 radical (unpaired) electrons. The number of hydrogen-bond acceptors (Lipinski definition) is 5. The zero-order valence-electron chi connectivity index (χ0n) is 18.2. The number of likely N-dealkylation sites (tertiary alicyclic amines) is 1. The van der Waals surface area contributed by atoms with Crippen LogP contribution in [-0.4, -0.2) is 63.3 Å². The van der Waals surface area contributed by atoms with E-state index in [9.17, 15) is 9.59 Å². The third-order valence-electron chi connectivity index (χ3n) is 5.99. The Morgan fingerprint density at radius 3 is 1.90 bits per heavy atom. The van der Waals surface area contributed by atoms with Crippen LogP contribution in [0.3, 0.4) is 0 Å². The Kier molecular flexibility index (Phi) is 7.65. The average Bonchev–Trinajstić information content (AvgIpc) is 2.78. The van der Waals surface area contributed by atoms with Crippen LogP contribution in [0.5, 0.6) is 17.2 Å². The Labute approximate surface area is 178 Å². The summed E-state index contributed by atoms with van der Waals surface area (Å²) in [6, 6.07) is 3.59. The van der Waals surface area contributed by atoms with Crippen LogP contribution >= 0.6 is 0 Å². The molecule has 3 amide bonds. The molecule has 8 heteroatoms. The van der Waals surface area contributed by atoms with E-state index in [0.717, 1.165) is 25.7 Å². The summed E-state index contributed by atoms with van der Waals surface area (Å²) in [5.41, 5.74) is 0.441. The molecule has 1 saturated heterocycles. The van der Waals surface area contributed by atoms with Gasteiger partial charge in [0.05, 0.1) is 26.9 Å². The van der Waals surface area contributed by atoms with Gasteiger partial charge in [-0.2, -0.15) is 0 Å². The van der Waals surface area contributed by atoms with Crippen molar-refractivity contribution in [2.45, 2.75) is 57.0 Å². The van der Waals surface area contributed by atoms with Gasteiger partial charge in [0.2, 0.25) is 0 Å². The average molecular weight is 420 g/mol. The number of rotatable bonds is 6. The van der Waals surface area contributed by atoms with E-state index in [2.05, 4.69) is 10.6 Å². The van der Waals surface area contributed by atoms with E-state index in [1.54, 1.807) is 24.1 Å². The van der Waals surface area contributed by atoms with E-state index in [-0.39, 0.29) is 24.0 Å². The molecule has 0 aromatic heterocycles. The van der Waals surface area contributed by atoms with Crippen molar-refractivity contribution in [3.63, 3.8) is 0 Å². The second-order valence-corrected chi connectivity index (χ2v) is 7.93. The van der Waals surface area contributed by atoms with Gasteiger partial charge >= 0.3 is 6.03 Å². The van der Waals surface area contributed by atoms with Gasteiger partial charge in [0.15, 0.2) is 11.5 Å². The number of nitrogens with one attached hydrogen (secondary N) is 2. The zero-order chi connectivity index (χ0) is 21.5. The van der Waals surface area contributed by atoms with E-state index in [0.29, 0.717) is 35.9 Å². The molecule has 1 aliphatic heterocycles. The lowest BCUT2D eigenvalue weighted by Crippen LogP contribution is -2.51. The Bertz CT molecular complexity index is 741. The molecule has 30 heavy (non-hydrogen) atoms. The summed E-state index contributed by atoms with van der Waals surface area (Å²) in [6.07, 6.45) is 7.20. The fourth-order valence-electron chi connectivity index (χ4n) is 4.25. The van der Waals surface area contributed by atoms with Gasteiger partial charge in [-0.3, -0.25) is 4.79 Å². The quantitative estimate of drug-likeness (QED) is 0.740. The van der Waals surface area contributed by atoms with Crippen molar-refractivity contribution in [1.29, 1.82) is 0 Å². The minimum absolute atomic E-state index is 0.0740. The van der Waals surface area contributed by atoms with Crippen LogP contribution in [0.15, 0.2) is 12.1 Å². The predicted molar refractivity (Wildman–Crippen MR) is 114 cm³/mol. The summed E-state index contributed by atoms with van der Waals surface area (Å²) in [5, 5.41) is 6.16. The molecule has 0 bridgehead atoms. The molecule has 2 fully saturated rings. The first-order valence-corrected chi connectivity index (χ1v) is 10.7. The second-order valence-electron chi connectivity index (χ2n) is 7.93. The monoisotopic (exact) mass is 419 g/mol. The molecule has 1 aliphatic carbocycles. The van der Waals surface area contributed by atoms with Crippen LogP contribution in [0.1, 0.15) is 55.3 Å². The molecule has 1 aromatic rings. The smallest absolute Gasteiger partial charge is 0.315 e. The highest BCUT2D eigenvalue weighted by molar-refractivity contribution is 5.98. The van der Waals surface area contributed by atoms with E-state index in [1.165, 1.54) is 33.5 Å². The molecule has 3 rings (SSSR count). The minimum atomic E-state index is -0.113. The van der Waals surface area contributed by atoms with Crippen molar-refractivity contribution in [3.8, 4) is 17.2 Å². The third-order valence-corrected chi connectivity index (χ3v) is 5.99. The fraction of sp³-hybridized carbons (Fsp3) is 0.636. The molecule has 0 unspecified atom stereocenters. The molecule has 1 heterocycles. The topological polar surface area (TPSA) is 89.1 Å². The van der Waals surface area contributed by atoms with Crippen LogP contribution in [0.25, 0.3) is 0 Å². The molecular weight excluding hydrogens is 386 g/mol. The second kappa shape index (κ2) is 10.4. The standard InChI is InChI=1S/C22H33N3O5/c1-28-18-14-20(30-3)19(29-2)13-17(18)21(26)25-11-9-16(10-12-25)24-22(27)23-15-7-5-4-6-8-15/h13-16H,4-12H2,1-3H3,(H2,23,24,27). The molecule has 1 saturated carbocycles. The van der Waals surface area contributed by atoms with Crippen LogP contribution in [0.2, 0.25) is 0 Å². The van der Waals surface area contributed by atoms with Crippen LogP contribution in [0.4, 0.5) is 4.79 Å². The Morgan fingerprint density at radius 2 is 1.33 bits per heavy atom. The van der Waals surface area contributed by atoms with Gasteiger partial charge in [-0.1, -0.05) is 19.3 Å². The number of piperidine rings is 1. The summed E-state index contributed by atoms with van der Waals surface area (Å²) in [5.74, 6) is 1.33. The lowest BCUT2D eigenvalue weighted by molar-refractivity contribution is 0.0704. The number of ether oxygens (including phenoxy) is 3. The first kappa shape index (κ1) is 22.1. The van der Waals surface area contributed by atoms with Gasteiger partial charge in [0.1, 0.15) is 5.75 Å². The highest BCUT2D eigenvalue weighted by Gasteiger charge is 2.28. The maximum absolute atomic E-state index is 13.1. The van der Waals surface area contributed by atoms with Gasteiger partial charge in [0.25, 0.3) is 5.91 Å².